The first kappa shape index (κ1) is 21.1. The average Bonchev–Trinajstić information content (AvgIpc) is 2.74. The molecule has 1 aliphatic heterocycles. The molecule has 0 bridgehead atoms. The van der Waals surface area contributed by atoms with Crippen molar-refractivity contribution in [3.05, 3.63) is 63.6 Å². The van der Waals surface area contributed by atoms with Gasteiger partial charge in [0.25, 0.3) is 0 Å². The van der Waals surface area contributed by atoms with Crippen LogP contribution in [0.2, 0.25) is 0 Å². The predicted molar refractivity (Wildman–Crippen MR) is 118 cm³/mol. The lowest BCUT2D eigenvalue weighted by Crippen LogP contribution is -2.35. The molecular formula is C22H24N2O4S2. The Morgan fingerprint density at radius 1 is 1.07 bits per heavy atom. The van der Waals surface area contributed by atoms with Crippen molar-refractivity contribution in [1.82, 2.24) is 9.29 Å². The van der Waals surface area contributed by atoms with E-state index in [1.54, 1.807) is 16.4 Å². The number of pyridine rings is 1. The van der Waals surface area contributed by atoms with E-state index in [9.17, 15) is 13.2 Å². The van der Waals surface area contributed by atoms with Crippen molar-refractivity contribution in [2.75, 3.05) is 13.1 Å². The molecule has 0 aliphatic carbocycles. The molecule has 3 aromatic rings. The van der Waals surface area contributed by atoms with Gasteiger partial charge in [0.1, 0.15) is 10.5 Å². The van der Waals surface area contributed by atoms with Crippen molar-refractivity contribution in [3.8, 4) is 0 Å². The van der Waals surface area contributed by atoms with Crippen molar-refractivity contribution < 1.29 is 12.8 Å². The zero-order valence-corrected chi connectivity index (χ0v) is 18.7. The molecule has 2 aromatic heterocycles. The second kappa shape index (κ2) is 8.53. The summed E-state index contributed by atoms with van der Waals surface area (Å²) < 4.78 is 32.4. The molecule has 30 heavy (non-hydrogen) atoms. The Bertz CT molecular complexity index is 1230. The van der Waals surface area contributed by atoms with E-state index in [0.717, 1.165) is 41.3 Å². The minimum atomic E-state index is -3.48. The van der Waals surface area contributed by atoms with Crippen LogP contribution in [-0.4, -0.2) is 30.8 Å². The number of rotatable bonds is 5. The van der Waals surface area contributed by atoms with Gasteiger partial charge in [-0.1, -0.05) is 6.42 Å². The third kappa shape index (κ3) is 4.31. The largest absolute Gasteiger partial charge is 0.423 e. The zero-order chi connectivity index (χ0) is 21.3. The maximum Gasteiger partial charge on any atom is 0.336 e. The summed E-state index contributed by atoms with van der Waals surface area (Å²) >= 11 is 1.46. The Labute approximate surface area is 180 Å². The fraction of sp³-hybridized carbons (Fsp3) is 0.364. The molecule has 0 unspecified atom stereocenters. The van der Waals surface area contributed by atoms with Crippen LogP contribution in [-0.2, 0) is 15.8 Å². The molecule has 1 aliphatic rings. The molecular weight excluding hydrogens is 420 g/mol. The van der Waals surface area contributed by atoms with E-state index in [4.69, 9.17) is 4.42 Å². The van der Waals surface area contributed by atoms with Crippen molar-refractivity contribution in [1.29, 1.82) is 0 Å². The molecule has 0 spiro atoms. The summed E-state index contributed by atoms with van der Waals surface area (Å²) in [6.07, 6.45) is 4.31. The van der Waals surface area contributed by atoms with Crippen molar-refractivity contribution in [2.45, 2.75) is 48.8 Å². The minimum absolute atomic E-state index is 0.227. The number of thioether (sulfide) groups is 1. The molecule has 1 fully saturated rings. The fourth-order valence-corrected chi connectivity index (χ4v) is 5.91. The van der Waals surface area contributed by atoms with Crippen LogP contribution in [0.5, 0.6) is 0 Å². The number of piperidine rings is 1. The number of hydrogen-bond donors (Lipinski definition) is 0. The summed E-state index contributed by atoms with van der Waals surface area (Å²) in [4.78, 5) is 16.5. The minimum Gasteiger partial charge on any atom is -0.423 e. The van der Waals surface area contributed by atoms with Gasteiger partial charge in [-0.15, -0.1) is 11.8 Å². The van der Waals surface area contributed by atoms with E-state index in [2.05, 4.69) is 4.98 Å². The molecule has 4 rings (SSSR count). The Balaban J connectivity index is 1.54. The van der Waals surface area contributed by atoms with Gasteiger partial charge < -0.3 is 4.42 Å². The molecule has 8 heteroatoms. The van der Waals surface area contributed by atoms with Gasteiger partial charge in [0, 0.05) is 36.5 Å². The van der Waals surface area contributed by atoms with Crippen LogP contribution in [0.3, 0.4) is 0 Å². The van der Waals surface area contributed by atoms with Gasteiger partial charge in [-0.05, 0) is 67.6 Å². The summed E-state index contributed by atoms with van der Waals surface area (Å²) in [5.41, 5.74) is 3.28. The molecule has 3 heterocycles. The second-order valence-corrected chi connectivity index (χ2v) is 10.5. The second-order valence-electron chi connectivity index (χ2n) is 7.61. The molecule has 0 amide bonds. The Morgan fingerprint density at radius 3 is 2.50 bits per heavy atom. The molecule has 0 radical (unpaired) electrons. The maximum atomic E-state index is 12.8. The van der Waals surface area contributed by atoms with Crippen LogP contribution in [0.4, 0.5) is 0 Å². The van der Waals surface area contributed by atoms with Crippen LogP contribution in [0.1, 0.15) is 36.0 Å². The van der Waals surface area contributed by atoms with Crippen LogP contribution in [0, 0.1) is 13.8 Å². The first-order valence-corrected chi connectivity index (χ1v) is 12.4. The van der Waals surface area contributed by atoms with E-state index in [1.165, 1.54) is 24.0 Å². The standard InChI is InChI=1S/C22H24N2O4S2/c1-15-10-19-17(12-22(25)28-20(19)11-16(15)2)14-29-21-7-6-18(13-23-21)30(26,27)24-8-4-3-5-9-24/h6-7,10-13H,3-5,8-9,14H2,1-2H3. The lowest BCUT2D eigenvalue weighted by molar-refractivity contribution is 0.346. The fourth-order valence-electron chi connectivity index (χ4n) is 3.61. The highest BCUT2D eigenvalue weighted by atomic mass is 32.2. The van der Waals surface area contributed by atoms with Crippen molar-refractivity contribution >= 4 is 32.8 Å². The Hall–Kier alpha value is -2.16. The molecule has 6 nitrogen and oxygen atoms in total. The number of aromatic nitrogens is 1. The van der Waals surface area contributed by atoms with E-state index < -0.39 is 10.0 Å². The summed E-state index contributed by atoms with van der Waals surface area (Å²) in [5, 5.41) is 1.62. The number of sulfonamides is 1. The molecule has 0 atom stereocenters. The Kier molecular flexibility index (Phi) is 5.99. The van der Waals surface area contributed by atoms with Gasteiger partial charge in [0.2, 0.25) is 10.0 Å². The van der Waals surface area contributed by atoms with Gasteiger partial charge in [0.15, 0.2) is 0 Å². The smallest absolute Gasteiger partial charge is 0.336 e. The van der Waals surface area contributed by atoms with Gasteiger partial charge in [-0.25, -0.2) is 18.2 Å². The number of aryl methyl sites for hydroxylation is 2. The highest BCUT2D eigenvalue weighted by molar-refractivity contribution is 7.98. The normalized spacial score (nSPS) is 15.5. The highest BCUT2D eigenvalue weighted by Crippen LogP contribution is 2.28. The topological polar surface area (TPSA) is 80.5 Å². The summed E-state index contributed by atoms with van der Waals surface area (Å²) in [6, 6.07) is 8.78. The predicted octanol–water partition coefficient (Wildman–Crippen LogP) is 4.27. The SMILES string of the molecule is Cc1cc2oc(=O)cc(CSc3ccc(S(=O)(=O)N4CCCCC4)cn3)c2cc1C. The van der Waals surface area contributed by atoms with Crippen LogP contribution in [0.25, 0.3) is 11.0 Å². The number of nitrogens with zero attached hydrogens (tertiary/aromatic N) is 2. The molecule has 0 saturated carbocycles. The van der Waals surface area contributed by atoms with E-state index in [-0.39, 0.29) is 10.5 Å². The first-order valence-electron chi connectivity index (χ1n) is 9.97. The van der Waals surface area contributed by atoms with E-state index in [0.29, 0.717) is 29.5 Å². The van der Waals surface area contributed by atoms with Gasteiger partial charge >= 0.3 is 5.63 Å². The number of fused-ring (bicyclic) bond motifs is 1. The van der Waals surface area contributed by atoms with Crippen LogP contribution in [0.15, 0.2) is 55.7 Å². The molecule has 1 saturated heterocycles. The number of hydrogen-bond acceptors (Lipinski definition) is 6. The van der Waals surface area contributed by atoms with Crippen molar-refractivity contribution in [2.24, 2.45) is 0 Å². The van der Waals surface area contributed by atoms with Gasteiger partial charge in [0.05, 0.1) is 5.03 Å². The first-order chi connectivity index (χ1) is 14.3. The summed E-state index contributed by atoms with van der Waals surface area (Å²) in [5.74, 6) is 0.538. The van der Waals surface area contributed by atoms with Crippen LogP contribution < -0.4 is 5.63 Å². The quantitative estimate of drug-likeness (QED) is 0.432. The molecule has 158 valence electrons. The lowest BCUT2D eigenvalue weighted by Gasteiger charge is -2.25. The van der Waals surface area contributed by atoms with E-state index >= 15 is 0 Å². The monoisotopic (exact) mass is 444 g/mol. The average molecular weight is 445 g/mol. The highest BCUT2D eigenvalue weighted by Gasteiger charge is 2.26. The lowest BCUT2D eigenvalue weighted by atomic mass is 10.0. The zero-order valence-electron chi connectivity index (χ0n) is 17.1. The third-order valence-electron chi connectivity index (χ3n) is 5.48. The van der Waals surface area contributed by atoms with Crippen LogP contribution >= 0.6 is 11.8 Å². The third-order valence-corrected chi connectivity index (χ3v) is 8.36. The van der Waals surface area contributed by atoms with E-state index in [1.807, 2.05) is 26.0 Å². The van der Waals surface area contributed by atoms with Gasteiger partial charge in [-0.3, -0.25) is 0 Å². The summed E-state index contributed by atoms with van der Waals surface area (Å²) in [6.45, 7) is 5.16. The molecule has 0 N–H and O–H groups in total. The Morgan fingerprint density at radius 2 is 1.80 bits per heavy atom. The van der Waals surface area contributed by atoms with Gasteiger partial charge in [-0.2, -0.15) is 4.31 Å². The number of benzene rings is 1. The molecule has 1 aromatic carbocycles. The summed E-state index contributed by atoms with van der Waals surface area (Å²) in [7, 11) is -3.48. The maximum absolute atomic E-state index is 12.8. The van der Waals surface area contributed by atoms with Crippen molar-refractivity contribution in [3.63, 3.8) is 0 Å².